The smallest absolute Gasteiger partial charge is 0.0943 e. The minimum atomic E-state index is 0.729. The first-order chi connectivity index (χ1) is 8.90. The summed E-state index contributed by atoms with van der Waals surface area (Å²) in [7, 11) is 0. The van der Waals surface area contributed by atoms with Gasteiger partial charge in [-0.3, -0.25) is 0 Å². The van der Waals surface area contributed by atoms with Crippen molar-refractivity contribution in [3.8, 4) is 0 Å². The Morgan fingerprint density at radius 1 is 0.889 bits per heavy atom. The van der Waals surface area contributed by atoms with Gasteiger partial charge < -0.3 is 5.73 Å². The molecule has 0 radical (unpaired) electrons. The third kappa shape index (κ3) is 4.36. The monoisotopic (exact) mass is 266 g/mol. The third-order valence-corrected chi connectivity index (χ3v) is 4.97. The van der Waals surface area contributed by atoms with E-state index >= 15 is 0 Å². The van der Waals surface area contributed by atoms with E-state index in [1.807, 2.05) is 11.3 Å². The molecule has 0 saturated heterocycles. The van der Waals surface area contributed by atoms with E-state index in [1.54, 1.807) is 4.88 Å². The topological polar surface area (TPSA) is 38.9 Å². The van der Waals surface area contributed by atoms with E-state index in [1.165, 1.54) is 74.9 Å². The molecule has 0 atom stereocenters. The van der Waals surface area contributed by atoms with Gasteiger partial charge in [0.05, 0.1) is 10.7 Å². The molecule has 1 aliphatic carbocycles. The first kappa shape index (κ1) is 14.0. The van der Waals surface area contributed by atoms with Gasteiger partial charge >= 0.3 is 0 Å². The molecule has 1 aromatic rings. The molecule has 2 nitrogen and oxygen atoms in total. The van der Waals surface area contributed by atoms with Gasteiger partial charge in [-0.05, 0) is 32.2 Å². The fraction of sp³-hybridized carbons (Fsp3) is 0.800. The molecule has 1 aliphatic rings. The van der Waals surface area contributed by atoms with Crippen molar-refractivity contribution in [3.63, 3.8) is 0 Å². The second-order valence-electron chi connectivity index (χ2n) is 5.34. The highest BCUT2D eigenvalue weighted by Crippen LogP contribution is 2.24. The van der Waals surface area contributed by atoms with Gasteiger partial charge in [-0.25, -0.2) is 4.98 Å². The van der Waals surface area contributed by atoms with Gasteiger partial charge in [0.1, 0.15) is 0 Å². The number of nitrogens with zero attached hydrogens (tertiary/aromatic N) is 1. The fourth-order valence-corrected chi connectivity index (χ4v) is 3.87. The number of hydrogen-bond acceptors (Lipinski definition) is 3. The Morgan fingerprint density at radius 3 is 2.17 bits per heavy atom. The minimum absolute atomic E-state index is 0.729. The van der Waals surface area contributed by atoms with Crippen molar-refractivity contribution < 1.29 is 0 Å². The van der Waals surface area contributed by atoms with Gasteiger partial charge in [-0.15, -0.1) is 11.3 Å². The Balaban J connectivity index is 2.00. The van der Waals surface area contributed by atoms with Crippen LogP contribution in [-0.4, -0.2) is 11.5 Å². The van der Waals surface area contributed by atoms with Crippen LogP contribution in [0.25, 0.3) is 0 Å². The highest BCUT2D eigenvalue weighted by Gasteiger charge is 2.11. The van der Waals surface area contributed by atoms with Crippen molar-refractivity contribution >= 4 is 11.3 Å². The summed E-state index contributed by atoms with van der Waals surface area (Å²) >= 11 is 1.92. The summed E-state index contributed by atoms with van der Waals surface area (Å²) in [5.41, 5.74) is 7.03. The van der Waals surface area contributed by atoms with Crippen molar-refractivity contribution in [2.24, 2.45) is 5.73 Å². The number of aromatic nitrogens is 1. The van der Waals surface area contributed by atoms with Crippen LogP contribution in [0.3, 0.4) is 0 Å². The number of rotatable bonds is 2. The molecule has 3 heteroatoms. The number of hydrogen-bond donors (Lipinski definition) is 1. The second kappa shape index (κ2) is 7.90. The molecule has 1 aromatic heterocycles. The number of fused-ring (bicyclic) bond motifs is 1. The van der Waals surface area contributed by atoms with Gasteiger partial charge in [0, 0.05) is 11.3 Å². The molecular weight excluding hydrogens is 240 g/mol. The number of aryl methyl sites for hydroxylation is 2. The summed E-state index contributed by atoms with van der Waals surface area (Å²) < 4.78 is 0. The highest BCUT2D eigenvalue weighted by atomic mass is 32.1. The van der Waals surface area contributed by atoms with E-state index < -0.39 is 0 Å². The van der Waals surface area contributed by atoms with Crippen molar-refractivity contribution in [3.05, 3.63) is 15.6 Å². The molecule has 2 rings (SSSR count). The number of thiazole rings is 1. The molecule has 102 valence electrons. The van der Waals surface area contributed by atoms with E-state index in [2.05, 4.69) is 0 Å². The van der Waals surface area contributed by atoms with Gasteiger partial charge in [0.2, 0.25) is 0 Å². The molecule has 0 bridgehead atoms. The minimum Gasteiger partial charge on any atom is -0.330 e. The zero-order chi connectivity index (χ0) is 12.6. The largest absolute Gasteiger partial charge is 0.330 e. The Bertz CT molecular complexity index is 317. The van der Waals surface area contributed by atoms with Crippen molar-refractivity contribution in [1.29, 1.82) is 0 Å². The standard InChI is InChI=1S/C15H26N2S/c16-12-11-15-17-13-9-7-5-3-1-2-4-6-8-10-14(13)18-15/h1-12,16H2. The van der Waals surface area contributed by atoms with Crippen molar-refractivity contribution in [1.82, 2.24) is 4.98 Å². The first-order valence-corrected chi connectivity index (χ1v) is 8.39. The summed E-state index contributed by atoms with van der Waals surface area (Å²) in [6.07, 6.45) is 14.5. The summed E-state index contributed by atoms with van der Waals surface area (Å²) in [4.78, 5) is 6.36. The van der Waals surface area contributed by atoms with Crippen LogP contribution < -0.4 is 5.73 Å². The molecule has 0 amide bonds. The maximum absolute atomic E-state index is 5.64. The lowest BCUT2D eigenvalue weighted by molar-refractivity contribution is 0.559. The lowest BCUT2D eigenvalue weighted by Crippen LogP contribution is -2.02. The van der Waals surface area contributed by atoms with Gasteiger partial charge in [-0.2, -0.15) is 0 Å². The van der Waals surface area contributed by atoms with Crippen molar-refractivity contribution in [2.45, 2.75) is 70.6 Å². The first-order valence-electron chi connectivity index (χ1n) is 7.57. The second-order valence-corrected chi connectivity index (χ2v) is 6.51. The molecule has 18 heavy (non-hydrogen) atoms. The van der Waals surface area contributed by atoms with E-state index in [0.717, 1.165) is 13.0 Å². The third-order valence-electron chi connectivity index (χ3n) is 3.75. The SMILES string of the molecule is NCCc1nc2c(s1)CCCCCCCCCC2. The lowest BCUT2D eigenvalue weighted by atomic mass is 10.0. The maximum atomic E-state index is 5.64. The van der Waals surface area contributed by atoms with Gasteiger partial charge in [0.15, 0.2) is 0 Å². The molecule has 0 saturated carbocycles. The average Bonchev–Trinajstić information content (AvgIpc) is 2.72. The molecule has 2 N–H and O–H groups in total. The summed E-state index contributed by atoms with van der Waals surface area (Å²) in [5.74, 6) is 0. The van der Waals surface area contributed by atoms with Crippen LogP contribution in [0.4, 0.5) is 0 Å². The summed E-state index contributed by atoms with van der Waals surface area (Å²) in [6, 6.07) is 0. The normalized spacial score (nSPS) is 18.7. The summed E-state index contributed by atoms with van der Waals surface area (Å²) in [6.45, 7) is 0.729. The highest BCUT2D eigenvalue weighted by molar-refractivity contribution is 7.11. The molecule has 0 unspecified atom stereocenters. The van der Waals surface area contributed by atoms with E-state index in [-0.39, 0.29) is 0 Å². The lowest BCUT2D eigenvalue weighted by Gasteiger charge is -2.06. The van der Waals surface area contributed by atoms with Crippen LogP contribution in [0.2, 0.25) is 0 Å². The molecule has 1 heterocycles. The summed E-state index contributed by atoms with van der Waals surface area (Å²) in [5, 5.41) is 1.26. The van der Waals surface area contributed by atoms with Gasteiger partial charge in [0.25, 0.3) is 0 Å². The molecular formula is C15H26N2S. The zero-order valence-corrected chi connectivity index (χ0v) is 12.2. The van der Waals surface area contributed by atoms with E-state index in [4.69, 9.17) is 10.7 Å². The van der Waals surface area contributed by atoms with Crippen LogP contribution >= 0.6 is 11.3 Å². The van der Waals surface area contributed by atoms with Crippen LogP contribution in [0, 0.1) is 0 Å². The van der Waals surface area contributed by atoms with Crippen LogP contribution in [0.1, 0.15) is 66.9 Å². The molecule has 0 fully saturated rings. The molecule has 0 aromatic carbocycles. The fourth-order valence-electron chi connectivity index (χ4n) is 2.70. The Kier molecular flexibility index (Phi) is 6.15. The quantitative estimate of drug-likeness (QED) is 0.882. The van der Waals surface area contributed by atoms with E-state index in [0.29, 0.717) is 0 Å². The van der Waals surface area contributed by atoms with Crippen LogP contribution in [0.15, 0.2) is 0 Å². The van der Waals surface area contributed by atoms with Gasteiger partial charge in [-0.1, -0.05) is 38.5 Å². The predicted molar refractivity (Wildman–Crippen MR) is 79.2 cm³/mol. The number of nitrogens with two attached hydrogens (primary N) is 1. The zero-order valence-electron chi connectivity index (χ0n) is 11.4. The molecule has 0 aliphatic heterocycles. The maximum Gasteiger partial charge on any atom is 0.0943 e. The van der Waals surface area contributed by atoms with Crippen LogP contribution in [-0.2, 0) is 19.3 Å². The van der Waals surface area contributed by atoms with E-state index in [9.17, 15) is 0 Å². The Hall–Kier alpha value is -0.410. The molecule has 0 spiro atoms. The van der Waals surface area contributed by atoms with Crippen LogP contribution in [0.5, 0.6) is 0 Å². The Morgan fingerprint density at radius 2 is 1.50 bits per heavy atom. The predicted octanol–water partition coefficient (Wildman–Crippen LogP) is 3.86. The Labute approximate surface area is 115 Å². The van der Waals surface area contributed by atoms with Crippen molar-refractivity contribution in [2.75, 3.05) is 6.54 Å². The average molecular weight is 266 g/mol.